The van der Waals surface area contributed by atoms with Crippen molar-refractivity contribution in [1.29, 1.82) is 0 Å². The fourth-order valence-electron chi connectivity index (χ4n) is 3.22. The van der Waals surface area contributed by atoms with Crippen molar-refractivity contribution < 1.29 is 24.2 Å². The molecule has 1 aromatic carbocycles. The third-order valence-corrected chi connectivity index (χ3v) is 4.57. The molecule has 3 unspecified atom stereocenters. The first-order valence-electron chi connectivity index (χ1n) is 7.82. The van der Waals surface area contributed by atoms with Crippen LogP contribution in [-0.2, 0) is 25.7 Å². The van der Waals surface area contributed by atoms with Crippen LogP contribution in [0.25, 0.3) is 0 Å². The van der Waals surface area contributed by atoms with E-state index in [0.717, 1.165) is 10.5 Å². The molecule has 7 heteroatoms. The Hall–Kier alpha value is -2.41. The number of hydrogen-bond acceptors (Lipinski definition) is 5. The molecule has 3 atom stereocenters. The molecule has 0 aliphatic carbocycles. The molecule has 1 aromatic rings. The molecule has 2 rings (SSSR count). The largest absolute Gasteiger partial charge is 0.479 e. The zero-order valence-electron chi connectivity index (χ0n) is 14.0. The Morgan fingerprint density at radius 3 is 2.50 bits per heavy atom. The number of esters is 1. The van der Waals surface area contributed by atoms with Gasteiger partial charge in [-0.1, -0.05) is 37.3 Å². The number of nitrogens with zero attached hydrogens (tertiary/aromatic N) is 1. The van der Waals surface area contributed by atoms with Gasteiger partial charge in [-0.05, 0) is 12.5 Å². The molecule has 0 spiro atoms. The zero-order chi connectivity index (χ0) is 17.9. The van der Waals surface area contributed by atoms with Crippen LogP contribution in [0.15, 0.2) is 30.3 Å². The normalized spacial score (nSPS) is 26.5. The second-order valence-corrected chi connectivity index (χ2v) is 5.82. The first-order chi connectivity index (χ1) is 11.4. The molecule has 0 radical (unpaired) electrons. The van der Waals surface area contributed by atoms with E-state index in [1.807, 2.05) is 30.3 Å². The van der Waals surface area contributed by atoms with Gasteiger partial charge in [0.15, 0.2) is 0 Å². The van der Waals surface area contributed by atoms with Crippen LogP contribution in [0.1, 0.15) is 19.4 Å². The Labute approximate surface area is 140 Å². The van der Waals surface area contributed by atoms with Gasteiger partial charge in [0.2, 0.25) is 11.4 Å². The molecule has 0 aromatic heterocycles. The average molecular weight is 334 g/mol. The van der Waals surface area contributed by atoms with Gasteiger partial charge < -0.3 is 20.1 Å². The van der Waals surface area contributed by atoms with E-state index in [2.05, 4.69) is 5.32 Å². The lowest BCUT2D eigenvalue weighted by Gasteiger charge is -2.32. The highest BCUT2D eigenvalue weighted by Gasteiger charge is 2.65. The Balaban J connectivity index is 2.27. The fraction of sp³-hybridized carbons (Fsp3) is 0.471. The number of carbonyl (C=O) groups excluding carboxylic acids is 2. The molecule has 1 saturated heterocycles. The second-order valence-electron chi connectivity index (χ2n) is 5.82. The van der Waals surface area contributed by atoms with Crippen molar-refractivity contribution in [3.8, 4) is 0 Å². The average Bonchev–Trinajstić information content (AvgIpc) is 2.74. The molecule has 0 saturated carbocycles. The fourth-order valence-corrected chi connectivity index (χ4v) is 3.22. The molecule has 1 amide bonds. The third kappa shape index (κ3) is 2.75. The van der Waals surface area contributed by atoms with Crippen LogP contribution < -0.4 is 5.32 Å². The van der Waals surface area contributed by atoms with E-state index in [9.17, 15) is 19.5 Å². The first-order valence-corrected chi connectivity index (χ1v) is 7.82. The molecule has 7 nitrogen and oxygen atoms in total. The summed E-state index contributed by atoms with van der Waals surface area (Å²) < 4.78 is 4.95. The topological polar surface area (TPSA) is 95.9 Å². The van der Waals surface area contributed by atoms with E-state index >= 15 is 0 Å². The van der Waals surface area contributed by atoms with Gasteiger partial charge in [0.1, 0.15) is 0 Å². The van der Waals surface area contributed by atoms with Crippen LogP contribution in [-0.4, -0.2) is 53.1 Å². The smallest absolute Gasteiger partial charge is 0.344 e. The summed E-state index contributed by atoms with van der Waals surface area (Å²) in [4.78, 5) is 37.8. The maximum absolute atomic E-state index is 12.6. The maximum Gasteiger partial charge on any atom is 0.344 e. The molecule has 1 aliphatic heterocycles. The number of likely N-dealkylation sites (N-methyl/N-ethyl adjacent to an activating group) is 1. The quantitative estimate of drug-likeness (QED) is 0.585. The van der Waals surface area contributed by atoms with Crippen LogP contribution in [0.5, 0.6) is 0 Å². The summed E-state index contributed by atoms with van der Waals surface area (Å²) in [5, 5.41) is 12.8. The van der Waals surface area contributed by atoms with E-state index in [4.69, 9.17) is 4.74 Å². The number of carboxylic acids is 1. The number of amides is 1. The lowest BCUT2D eigenvalue weighted by Crippen LogP contribution is -2.60. The Bertz CT molecular complexity index is 633. The summed E-state index contributed by atoms with van der Waals surface area (Å²) in [6, 6.07) is 8.66. The van der Waals surface area contributed by atoms with E-state index in [1.165, 1.54) is 7.05 Å². The minimum Gasteiger partial charge on any atom is -0.479 e. The summed E-state index contributed by atoms with van der Waals surface area (Å²) in [5.74, 6) is -3.51. The lowest BCUT2D eigenvalue weighted by atomic mass is 9.83. The van der Waals surface area contributed by atoms with Gasteiger partial charge in [0.25, 0.3) is 0 Å². The summed E-state index contributed by atoms with van der Waals surface area (Å²) in [5.41, 5.74) is -1.05. The Morgan fingerprint density at radius 1 is 1.33 bits per heavy atom. The maximum atomic E-state index is 12.6. The van der Waals surface area contributed by atoms with E-state index in [-0.39, 0.29) is 6.61 Å². The minimum absolute atomic E-state index is 0.0464. The third-order valence-electron chi connectivity index (χ3n) is 4.57. The lowest BCUT2D eigenvalue weighted by molar-refractivity contribution is -0.173. The van der Waals surface area contributed by atoms with Crippen LogP contribution in [0, 0.1) is 5.92 Å². The Morgan fingerprint density at radius 2 is 1.96 bits per heavy atom. The highest BCUT2D eigenvalue weighted by molar-refractivity contribution is 6.11. The van der Waals surface area contributed by atoms with Gasteiger partial charge in [-0.25, -0.2) is 9.59 Å². The summed E-state index contributed by atoms with van der Waals surface area (Å²) >= 11 is 0. The van der Waals surface area contributed by atoms with E-state index in [0.29, 0.717) is 6.54 Å². The molecule has 24 heavy (non-hydrogen) atoms. The first kappa shape index (κ1) is 17.9. The van der Waals surface area contributed by atoms with Crippen LogP contribution in [0.4, 0.5) is 0 Å². The van der Waals surface area contributed by atoms with Gasteiger partial charge in [-0.15, -0.1) is 0 Å². The zero-order valence-corrected chi connectivity index (χ0v) is 14.0. The molecule has 1 fully saturated rings. The number of ether oxygens (including phenoxy) is 1. The molecule has 0 bridgehead atoms. The monoisotopic (exact) mass is 334 g/mol. The Kier molecular flexibility index (Phi) is 5.23. The van der Waals surface area contributed by atoms with Gasteiger partial charge in [-0.2, -0.15) is 0 Å². The predicted molar refractivity (Wildman–Crippen MR) is 86.0 cm³/mol. The summed E-state index contributed by atoms with van der Waals surface area (Å²) in [6.45, 7) is 3.62. The second kappa shape index (κ2) is 7.00. The molecular formula is C17H22N2O5. The van der Waals surface area contributed by atoms with Gasteiger partial charge in [0, 0.05) is 19.5 Å². The molecule has 2 N–H and O–H groups in total. The van der Waals surface area contributed by atoms with Crippen molar-refractivity contribution in [3.05, 3.63) is 35.9 Å². The summed E-state index contributed by atoms with van der Waals surface area (Å²) in [6.07, 6.45) is 0. The van der Waals surface area contributed by atoms with Crippen molar-refractivity contribution in [2.24, 2.45) is 5.92 Å². The molecule has 130 valence electrons. The molecule has 1 heterocycles. The van der Waals surface area contributed by atoms with Crippen molar-refractivity contribution in [2.75, 3.05) is 13.7 Å². The minimum atomic E-state index is -2.01. The number of benzene rings is 1. The SMILES string of the molecule is CCOC(=O)C1(C(=O)O)C(C)C(NCc2ccccc2)C(=O)N1C. The number of likely N-dealkylation sites (tertiary alicyclic amines) is 1. The van der Waals surface area contributed by atoms with E-state index < -0.39 is 35.3 Å². The number of carboxylic acid groups (broad SMARTS) is 1. The highest BCUT2D eigenvalue weighted by Crippen LogP contribution is 2.36. The summed E-state index contributed by atoms with van der Waals surface area (Å²) in [7, 11) is 1.33. The van der Waals surface area contributed by atoms with Crippen LogP contribution >= 0.6 is 0 Å². The standard InChI is InChI=1S/C17H22N2O5/c1-4-24-16(23)17(15(21)22)11(2)13(14(20)19(17)3)18-10-12-8-6-5-7-9-12/h5-9,11,13,18H,4,10H2,1-3H3,(H,21,22). The van der Waals surface area contributed by atoms with Gasteiger partial charge >= 0.3 is 11.9 Å². The number of carbonyl (C=O) groups is 3. The van der Waals surface area contributed by atoms with Crippen LogP contribution in [0.2, 0.25) is 0 Å². The van der Waals surface area contributed by atoms with Crippen molar-refractivity contribution in [3.63, 3.8) is 0 Å². The highest BCUT2D eigenvalue weighted by atomic mass is 16.5. The predicted octanol–water partition coefficient (Wildman–Crippen LogP) is 0.639. The van der Waals surface area contributed by atoms with Gasteiger partial charge in [0.05, 0.1) is 12.6 Å². The van der Waals surface area contributed by atoms with Crippen molar-refractivity contribution in [2.45, 2.75) is 32.0 Å². The molecular weight excluding hydrogens is 312 g/mol. The van der Waals surface area contributed by atoms with Crippen molar-refractivity contribution >= 4 is 17.8 Å². The number of rotatable bonds is 6. The van der Waals surface area contributed by atoms with Gasteiger partial charge in [-0.3, -0.25) is 4.79 Å². The number of aliphatic carboxylic acids is 1. The van der Waals surface area contributed by atoms with Crippen LogP contribution in [0.3, 0.4) is 0 Å². The molecule has 1 aliphatic rings. The number of hydrogen-bond donors (Lipinski definition) is 2. The number of nitrogens with one attached hydrogen (secondary N) is 1. The van der Waals surface area contributed by atoms with Crippen molar-refractivity contribution in [1.82, 2.24) is 10.2 Å². The van der Waals surface area contributed by atoms with E-state index in [1.54, 1.807) is 13.8 Å².